The van der Waals surface area contributed by atoms with Crippen LogP contribution in [0.4, 0.5) is 19.0 Å². The van der Waals surface area contributed by atoms with Gasteiger partial charge in [-0.25, -0.2) is 0 Å². The highest BCUT2D eigenvalue weighted by molar-refractivity contribution is 9.10. The zero-order chi connectivity index (χ0) is 21.5. The smallest absolute Gasteiger partial charge is 0.361 e. The van der Waals surface area contributed by atoms with Crippen LogP contribution in [-0.2, 0) is 6.18 Å². The van der Waals surface area contributed by atoms with Crippen molar-refractivity contribution >= 4 is 43.9 Å². The van der Waals surface area contributed by atoms with Gasteiger partial charge in [0, 0.05) is 25.0 Å². The van der Waals surface area contributed by atoms with E-state index in [2.05, 4.69) is 38.4 Å². The van der Waals surface area contributed by atoms with E-state index in [1.165, 1.54) is 6.07 Å². The molecule has 1 N–H and O–H groups in total. The molecule has 2 aromatic carbocycles. The number of nitrogens with one attached hydrogen (secondary N) is 1. The maximum absolute atomic E-state index is 13.3. The quantitative estimate of drug-likeness (QED) is 0.321. The lowest BCUT2D eigenvalue weighted by Gasteiger charge is -2.16. The lowest BCUT2D eigenvalue weighted by molar-refractivity contribution is -0.140. The van der Waals surface area contributed by atoms with Gasteiger partial charge in [0.15, 0.2) is 11.5 Å². The maximum Gasteiger partial charge on any atom is 0.435 e. The predicted molar refractivity (Wildman–Crippen MR) is 118 cm³/mol. The molecule has 4 rings (SSSR count). The van der Waals surface area contributed by atoms with E-state index in [-0.39, 0.29) is 11.4 Å². The van der Waals surface area contributed by atoms with Gasteiger partial charge in [-0.15, -0.1) is 21.5 Å². The lowest BCUT2D eigenvalue weighted by Crippen LogP contribution is -2.13. The summed E-state index contributed by atoms with van der Waals surface area (Å²) in [7, 11) is 0. The Labute approximate surface area is 184 Å². The van der Waals surface area contributed by atoms with Gasteiger partial charge in [-0.3, -0.25) is 0 Å². The normalized spacial score (nSPS) is 12.9. The van der Waals surface area contributed by atoms with Crippen molar-refractivity contribution in [3.8, 4) is 10.4 Å². The Balaban J connectivity index is 1.68. The van der Waals surface area contributed by atoms with Gasteiger partial charge in [-0.1, -0.05) is 46.3 Å². The maximum atomic E-state index is 13.3. The van der Waals surface area contributed by atoms with Gasteiger partial charge < -0.3 is 5.32 Å². The molecule has 0 saturated carbocycles. The second kappa shape index (κ2) is 8.00. The van der Waals surface area contributed by atoms with Crippen LogP contribution < -0.4 is 5.32 Å². The highest BCUT2D eigenvalue weighted by atomic mass is 79.9. The number of fused-ring (bicyclic) bond motifs is 1. The molecule has 3 nitrogen and oxygen atoms in total. The topological polar surface area (TPSA) is 37.8 Å². The molecule has 153 valence electrons. The molecule has 0 aliphatic carbocycles. The Kier molecular flexibility index (Phi) is 5.55. The minimum absolute atomic E-state index is 0.00764. The fraction of sp³-hybridized carbons (Fsp3) is 0.136. The van der Waals surface area contributed by atoms with Crippen molar-refractivity contribution in [3.05, 3.63) is 82.1 Å². The molecule has 8 heteroatoms. The van der Waals surface area contributed by atoms with Crippen molar-refractivity contribution < 1.29 is 13.2 Å². The number of halogens is 4. The van der Waals surface area contributed by atoms with Crippen molar-refractivity contribution in [1.29, 1.82) is 0 Å². The van der Waals surface area contributed by atoms with Crippen molar-refractivity contribution in [3.63, 3.8) is 0 Å². The fourth-order valence-corrected chi connectivity index (χ4v) is 4.64. The molecule has 0 amide bonds. The van der Waals surface area contributed by atoms with Crippen molar-refractivity contribution in [2.24, 2.45) is 0 Å². The van der Waals surface area contributed by atoms with Gasteiger partial charge in [-0.05, 0) is 49.2 Å². The highest BCUT2D eigenvalue weighted by Crippen LogP contribution is 2.38. The van der Waals surface area contributed by atoms with Crippen molar-refractivity contribution in [1.82, 2.24) is 10.2 Å². The number of nitrogens with zero attached hydrogens (tertiary/aromatic N) is 2. The van der Waals surface area contributed by atoms with Crippen LogP contribution in [0.3, 0.4) is 0 Å². The molecule has 1 radical (unpaired) electrons. The van der Waals surface area contributed by atoms with E-state index in [0.717, 1.165) is 20.9 Å². The molecule has 0 spiro atoms. The van der Waals surface area contributed by atoms with E-state index in [1.807, 2.05) is 43.3 Å². The molecule has 0 fully saturated rings. The molecular formula is C22H16BrF3N3S. The average molecular weight is 491 g/mol. The van der Waals surface area contributed by atoms with Crippen molar-refractivity contribution in [2.45, 2.75) is 19.1 Å². The summed E-state index contributed by atoms with van der Waals surface area (Å²) in [4.78, 5) is 2.11. The number of rotatable bonds is 4. The standard InChI is InChI=1S/C22H16BrF3N3S/c1-12-5-3-4-6-15(12)19-10-9-18(30-19)13(2)27-21-17-11-14(23)7-8-16(17)20(28-29-21)22(24,25)26/h3-11,13H,1H2,2H3,(H,27,29)/t13-/m1/s1. The zero-order valence-corrected chi connectivity index (χ0v) is 18.2. The molecule has 30 heavy (non-hydrogen) atoms. The van der Waals surface area contributed by atoms with Gasteiger partial charge in [0.2, 0.25) is 0 Å². The molecular weight excluding hydrogens is 475 g/mol. The monoisotopic (exact) mass is 490 g/mol. The molecule has 0 bridgehead atoms. The first kappa shape index (κ1) is 20.8. The molecule has 2 heterocycles. The van der Waals surface area contributed by atoms with Crippen LogP contribution in [0.25, 0.3) is 21.2 Å². The van der Waals surface area contributed by atoms with E-state index >= 15 is 0 Å². The number of anilines is 1. The van der Waals surface area contributed by atoms with Crippen LogP contribution in [-0.4, -0.2) is 10.2 Å². The average Bonchev–Trinajstić information content (AvgIpc) is 3.18. The number of hydrogen-bond donors (Lipinski definition) is 1. The van der Waals surface area contributed by atoms with E-state index in [4.69, 9.17) is 0 Å². The Morgan fingerprint density at radius 3 is 2.53 bits per heavy atom. The Morgan fingerprint density at radius 1 is 1.03 bits per heavy atom. The Bertz CT molecular complexity index is 1220. The van der Waals surface area contributed by atoms with E-state index in [1.54, 1.807) is 23.5 Å². The summed E-state index contributed by atoms with van der Waals surface area (Å²) in [6, 6.07) is 16.3. The van der Waals surface area contributed by atoms with E-state index < -0.39 is 11.9 Å². The minimum atomic E-state index is -4.58. The molecule has 2 aromatic heterocycles. The largest absolute Gasteiger partial charge is 0.435 e. The van der Waals surface area contributed by atoms with E-state index in [0.29, 0.717) is 15.7 Å². The third-order valence-electron chi connectivity index (χ3n) is 4.70. The SMILES string of the molecule is [CH2]c1ccccc1-c1ccc([C@@H](C)Nc2nnc(C(F)(F)F)c3ccc(Br)cc23)s1. The molecule has 4 aromatic rings. The molecule has 0 aliphatic rings. The highest BCUT2D eigenvalue weighted by Gasteiger charge is 2.36. The van der Waals surface area contributed by atoms with Crippen LogP contribution in [0.2, 0.25) is 0 Å². The minimum Gasteiger partial charge on any atom is -0.361 e. The molecule has 0 saturated heterocycles. The number of benzene rings is 2. The van der Waals surface area contributed by atoms with Gasteiger partial charge in [0.05, 0.1) is 6.04 Å². The summed E-state index contributed by atoms with van der Waals surface area (Å²) in [5.41, 5.74) is 1.01. The van der Waals surface area contributed by atoms with Gasteiger partial charge in [0.25, 0.3) is 0 Å². The summed E-state index contributed by atoms with van der Waals surface area (Å²) < 4.78 is 40.7. The number of thiophene rings is 1. The van der Waals surface area contributed by atoms with Gasteiger partial charge >= 0.3 is 6.18 Å². The summed E-state index contributed by atoms with van der Waals surface area (Å²) in [6.07, 6.45) is -4.58. The molecule has 0 unspecified atom stereocenters. The molecule has 0 aliphatic heterocycles. The van der Waals surface area contributed by atoms with Gasteiger partial charge in [-0.2, -0.15) is 13.2 Å². The summed E-state index contributed by atoms with van der Waals surface area (Å²) in [6.45, 7) is 6.00. The van der Waals surface area contributed by atoms with E-state index in [9.17, 15) is 13.2 Å². The summed E-state index contributed by atoms with van der Waals surface area (Å²) >= 11 is 4.93. The second-order valence-electron chi connectivity index (χ2n) is 6.81. The number of hydrogen-bond acceptors (Lipinski definition) is 4. The first-order chi connectivity index (χ1) is 14.2. The Morgan fingerprint density at radius 2 is 1.80 bits per heavy atom. The number of alkyl halides is 3. The van der Waals surface area contributed by atoms with Gasteiger partial charge in [0.1, 0.15) is 0 Å². The third kappa shape index (κ3) is 4.06. The van der Waals surface area contributed by atoms with Crippen LogP contribution in [0.1, 0.15) is 29.1 Å². The molecule has 1 atom stereocenters. The second-order valence-corrected chi connectivity index (χ2v) is 8.84. The number of aromatic nitrogens is 2. The third-order valence-corrected chi connectivity index (χ3v) is 6.49. The van der Waals surface area contributed by atoms with Crippen LogP contribution in [0.15, 0.2) is 59.1 Å². The first-order valence-corrected chi connectivity index (χ1v) is 10.7. The fourth-order valence-electron chi connectivity index (χ4n) is 3.21. The predicted octanol–water partition coefficient (Wildman–Crippen LogP) is 7.49. The van der Waals surface area contributed by atoms with Crippen LogP contribution in [0, 0.1) is 6.92 Å². The Hall–Kier alpha value is -2.45. The summed E-state index contributed by atoms with van der Waals surface area (Å²) in [5, 5.41) is 10.9. The summed E-state index contributed by atoms with van der Waals surface area (Å²) in [5.74, 6) is 0.305. The van der Waals surface area contributed by atoms with Crippen molar-refractivity contribution in [2.75, 3.05) is 5.32 Å². The van der Waals surface area contributed by atoms with Crippen LogP contribution in [0.5, 0.6) is 0 Å². The van der Waals surface area contributed by atoms with Crippen LogP contribution >= 0.6 is 27.3 Å². The first-order valence-electron chi connectivity index (χ1n) is 9.05. The zero-order valence-electron chi connectivity index (χ0n) is 15.8. The lowest BCUT2D eigenvalue weighted by atomic mass is 10.1.